The van der Waals surface area contributed by atoms with E-state index in [-0.39, 0.29) is 5.56 Å². The number of carboxylic acid groups (broad SMARTS) is 1. The number of hydrogen-bond donors (Lipinski definition) is 3. The number of thiocarbonyl (C=S) groups is 1. The maximum absolute atomic E-state index is 10.6. The summed E-state index contributed by atoms with van der Waals surface area (Å²) in [4.78, 5) is 10.6. The van der Waals surface area contributed by atoms with Gasteiger partial charge in [-0.25, -0.2) is 0 Å². The first kappa shape index (κ1) is 14.6. The van der Waals surface area contributed by atoms with Gasteiger partial charge in [0.05, 0.1) is 11.7 Å². The molecule has 6 heteroatoms. The second-order valence-corrected chi connectivity index (χ2v) is 5.33. The molecule has 2 rings (SSSR count). The first-order valence-electron chi connectivity index (χ1n) is 6.79. The largest absolute Gasteiger partial charge is 0.545 e. The van der Waals surface area contributed by atoms with Gasteiger partial charge in [0.2, 0.25) is 0 Å². The number of carboxylic acids is 1. The van der Waals surface area contributed by atoms with Gasteiger partial charge in [-0.05, 0) is 42.8 Å². The molecule has 1 fully saturated rings. The van der Waals surface area contributed by atoms with Crippen molar-refractivity contribution in [3.05, 3.63) is 29.8 Å². The normalized spacial score (nSPS) is 15.4. The minimum atomic E-state index is -1.18. The lowest BCUT2D eigenvalue weighted by Crippen LogP contribution is -2.44. The van der Waals surface area contributed by atoms with Crippen LogP contribution in [0, 0.1) is 0 Å². The second kappa shape index (κ2) is 7.09. The fraction of sp³-hybridized carbons (Fsp3) is 0.429. The number of aromatic carboxylic acids is 1. The molecule has 0 spiro atoms. The van der Waals surface area contributed by atoms with E-state index in [1.807, 2.05) is 0 Å². The molecule has 0 unspecified atom stereocenters. The van der Waals surface area contributed by atoms with Crippen LogP contribution in [0.25, 0.3) is 0 Å². The maximum atomic E-state index is 10.6. The molecule has 1 aromatic rings. The predicted molar refractivity (Wildman–Crippen MR) is 80.1 cm³/mol. The van der Waals surface area contributed by atoms with E-state index < -0.39 is 5.97 Å². The molecule has 1 saturated carbocycles. The molecule has 3 N–H and O–H groups in total. The highest BCUT2D eigenvalue weighted by atomic mass is 32.1. The Hall–Kier alpha value is -1.82. The van der Waals surface area contributed by atoms with E-state index in [1.54, 1.807) is 12.1 Å². The van der Waals surface area contributed by atoms with E-state index >= 15 is 0 Å². The summed E-state index contributed by atoms with van der Waals surface area (Å²) in [5, 5.41) is 14.5. The minimum absolute atomic E-state index is 0.151. The molecular formula is C14H18N3O2S-. The lowest BCUT2D eigenvalue weighted by Gasteiger charge is -2.24. The van der Waals surface area contributed by atoms with Crippen molar-refractivity contribution < 1.29 is 9.90 Å². The van der Waals surface area contributed by atoms with Crippen LogP contribution in [0.4, 0.5) is 5.69 Å². The molecule has 0 saturated heterocycles. The summed E-state index contributed by atoms with van der Waals surface area (Å²) in [7, 11) is 0. The topological polar surface area (TPSA) is 76.2 Å². The highest BCUT2D eigenvalue weighted by molar-refractivity contribution is 7.80. The standard InChI is InChI=1S/C14H19N3O2S/c18-13(19)10-6-8-12(9-7-10)16-17-14(20)15-11-4-2-1-3-5-11/h6-9,11,16H,1-5H2,(H,18,19)(H2,15,17,20)/p-1. The Morgan fingerprint density at radius 3 is 2.40 bits per heavy atom. The number of benzene rings is 1. The van der Waals surface area contributed by atoms with Gasteiger partial charge >= 0.3 is 0 Å². The van der Waals surface area contributed by atoms with Crippen LogP contribution in [0.1, 0.15) is 42.5 Å². The quantitative estimate of drug-likeness (QED) is 0.571. The Kier molecular flexibility index (Phi) is 5.17. The van der Waals surface area contributed by atoms with Crippen LogP contribution in [0.3, 0.4) is 0 Å². The summed E-state index contributed by atoms with van der Waals surface area (Å²) >= 11 is 5.21. The number of carbonyl (C=O) groups is 1. The van der Waals surface area contributed by atoms with Crippen molar-refractivity contribution in [2.24, 2.45) is 0 Å². The molecule has 5 nitrogen and oxygen atoms in total. The van der Waals surface area contributed by atoms with E-state index in [0.29, 0.717) is 11.2 Å². The molecule has 0 bridgehead atoms. The molecule has 0 heterocycles. The molecule has 0 radical (unpaired) electrons. The first-order chi connectivity index (χ1) is 9.65. The van der Waals surface area contributed by atoms with Gasteiger partial charge in [-0.1, -0.05) is 31.4 Å². The summed E-state index contributed by atoms with van der Waals surface area (Å²) in [6, 6.07) is 6.72. The highest BCUT2D eigenvalue weighted by Gasteiger charge is 2.13. The number of rotatable bonds is 4. The Bertz CT molecular complexity index is 470. The van der Waals surface area contributed by atoms with E-state index in [4.69, 9.17) is 12.2 Å². The highest BCUT2D eigenvalue weighted by Crippen LogP contribution is 2.17. The van der Waals surface area contributed by atoms with Gasteiger partial charge in [-0.3, -0.25) is 10.9 Å². The van der Waals surface area contributed by atoms with Crippen molar-refractivity contribution in [1.82, 2.24) is 10.7 Å². The summed E-state index contributed by atoms with van der Waals surface area (Å²) in [6.45, 7) is 0. The smallest absolute Gasteiger partial charge is 0.185 e. The van der Waals surface area contributed by atoms with Crippen molar-refractivity contribution in [1.29, 1.82) is 0 Å². The second-order valence-electron chi connectivity index (χ2n) is 4.92. The van der Waals surface area contributed by atoms with Gasteiger partial charge in [0.15, 0.2) is 5.11 Å². The molecule has 108 valence electrons. The van der Waals surface area contributed by atoms with Gasteiger partial charge < -0.3 is 15.2 Å². The minimum Gasteiger partial charge on any atom is -0.545 e. The first-order valence-corrected chi connectivity index (χ1v) is 7.20. The van der Waals surface area contributed by atoms with Crippen LogP contribution >= 0.6 is 12.2 Å². The van der Waals surface area contributed by atoms with Crippen LogP contribution in [-0.2, 0) is 0 Å². The molecular weight excluding hydrogens is 274 g/mol. The van der Waals surface area contributed by atoms with Crippen LogP contribution < -0.4 is 21.3 Å². The van der Waals surface area contributed by atoms with Crippen LogP contribution in [0.15, 0.2) is 24.3 Å². The number of hydrogen-bond acceptors (Lipinski definition) is 4. The summed E-state index contributed by atoms with van der Waals surface area (Å²) < 4.78 is 0. The van der Waals surface area contributed by atoms with Crippen molar-refractivity contribution >= 4 is 29.0 Å². The molecule has 0 atom stereocenters. The maximum Gasteiger partial charge on any atom is 0.185 e. The van der Waals surface area contributed by atoms with Gasteiger partial charge in [0, 0.05) is 6.04 Å². The molecule has 1 aliphatic rings. The average Bonchev–Trinajstić information content (AvgIpc) is 2.46. The molecule has 1 aromatic carbocycles. The Labute approximate surface area is 123 Å². The predicted octanol–water partition coefficient (Wildman–Crippen LogP) is 1.17. The summed E-state index contributed by atoms with van der Waals surface area (Å²) in [5.41, 5.74) is 6.73. The lowest BCUT2D eigenvalue weighted by molar-refractivity contribution is -0.255. The van der Waals surface area contributed by atoms with Gasteiger partial charge in [0.1, 0.15) is 0 Å². The number of carbonyl (C=O) groups excluding carboxylic acids is 1. The van der Waals surface area contributed by atoms with E-state index in [1.165, 1.54) is 31.4 Å². The number of nitrogens with one attached hydrogen (secondary N) is 3. The van der Waals surface area contributed by atoms with Crippen molar-refractivity contribution in [3.8, 4) is 0 Å². The Morgan fingerprint density at radius 2 is 1.80 bits per heavy atom. The van der Waals surface area contributed by atoms with E-state index in [2.05, 4.69) is 16.2 Å². The fourth-order valence-corrected chi connectivity index (χ4v) is 2.50. The van der Waals surface area contributed by atoms with Crippen LogP contribution in [0.5, 0.6) is 0 Å². The zero-order valence-corrected chi connectivity index (χ0v) is 12.0. The Balaban J connectivity index is 1.76. The summed E-state index contributed by atoms with van der Waals surface area (Å²) in [6.07, 6.45) is 6.11. The van der Waals surface area contributed by atoms with Crippen LogP contribution in [0.2, 0.25) is 0 Å². The number of anilines is 1. The Morgan fingerprint density at radius 1 is 1.15 bits per heavy atom. The fourth-order valence-electron chi connectivity index (χ4n) is 2.29. The third-order valence-corrected chi connectivity index (χ3v) is 3.60. The molecule has 0 amide bonds. The average molecular weight is 292 g/mol. The summed E-state index contributed by atoms with van der Waals surface area (Å²) in [5.74, 6) is -1.18. The van der Waals surface area contributed by atoms with E-state index in [9.17, 15) is 9.90 Å². The third-order valence-electron chi connectivity index (χ3n) is 3.38. The monoisotopic (exact) mass is 292 g/mol. The molecule has 1 aliphatic carbocycles. The SMILES string of the molecule is O=C([O-])c1ccc(NNC(=S)NC2CCCCC2)cc1. The lowest BCUT2D eigenvalue weighted by atomic mass is 9.96. The van der Waals surface area contributed by atoms with Gasteiger partial charge in [0.25, 0.3) is 0 Å². The van der Waals surface area contributed by atoms with Crippen LogP contribution in [-0.4, -0.2) is 17.1 Å². The van der Waals surface area contributed by atoms with E-state index in [0.717, 1.165) is 18.5 Å². The number of hydrazine groups is 1. The van der Waals surface area contributed by atoms with Crippen molar-refractivity contribution in [2.75, 3.05) is 5.43 Å². The van der Waals surface area contributed by atoms with Crippen molar-refractivity contribution in [3.63, 3.8) is 0 Å². The zero-order chi connectivity index (χ0) is 14.4. The molecule has 0 aliphatic heterocycles. The van der Waals surface area contributed by atoms with Gasteiger partial charge in [-0.15, -0.1) is 0 Å². The molecule has 20 heavy (non-hydrogen) atoms. The van der Waals surface area contributed by atoms with Crippen molar-refractivity contribution in [2.45, 2.75) is 38.1 Å². The van der Waals surface area contributed by atoms with Gasteiger partial charge in [-0.2, -0.15) is 0 Å². The zero-order valence-electron chi connectivity index (χ0n) is 11.1. The molecule has 0 aromatic heterocycles. The third kappa shape index (κ3) is 4.38.